The van der Waals surface area contributed by atoms with Crippen LogP contribution in [0.15, 0.2) is 51.8 Å². The molecule has 0 saturated carbocycles. The van der Waals surface area contributed by atoms with Gasteiger partial charge in [-0.05, 0) is 65.2 Å². The second kappa shape index (κ2) is 6.22. The Morgan fingerprint density at radius 2 is 1.96 bits per heavy atom. The van der Waals surface area contributed by atoms with Crippen molar-refractivity contribution in [2.45, 2.75) is 31.2 Å². The molecule has 1 N–H and O–H groups in total. The molecule has 1 amide bonds. The van der Waals surface area contributed by atoms with E-state index in [2.05, 4.69) is 20.7 Å². The minimum absolute atomic E-state index is 0.0340. The number of sulfonamides is 1. The lowest BCUT2D eigenvalue weighted by Crippen LogP contribution is -2.33. The highest BCUT2D eigenvalue weighted by Gasteiger charge is 2.30. The van der Waals surface area contributed by atoms with Gasteiger partial charge in [-0.2, -0.15) is 0 Å². The van der Waals surface area contributed by atoms with Gasteiger partial charge in [0, 0.05) is 23.1 Å². The monoisotopic (exact) mass is 408 g/mol. The summed E-state index contributed by atoms with van der Waals surface area (Å²) < 4.78 is 28.5. The Labute approximate surface area is 149 Å². The minimum atomic E-state index is -3.70. The summed E-state index contributed by atoms with van der Waals surface area (Å²) in [6.07, 6.45) is 0.646. The normalized spacial score (nSPS) is 16.8. The van der Waals surface area contributed by atoms with Gasteiger partial charge < -0.3 is 4.90 Å². The summed E-state index contributed by atoms with van der Waals surface area (Å²) in [6.45, 7) is 3.47. The molecule has 2 aromatic rings. The fraction of sp³-hybridized carbons (Fsp3) is 0.235. The smallest absolute Gasteiger partial charge is 0.261 e. The number of carbonyl (C=O) groups excluding carboxylic acids is 1. The van der Waals surface area contributed by atoms with Crippen molar-refractivity contribution in [3.8, 4) is 0 Å². The van der Waals surface area contributed by atoms with Gasteiger partial charge in [0.05, 0.1) is 10.6 Å². The largest absolute Gasteiger partial charge is 0.309 e. The highest BCUT2D eigenvalue weighted by Crippen LogP contribution is 2.34. The van der Waals surface area contributed by atoms with Crippen LogP contribution in [0.1, 0.15) is 19.4 Å². The lowest BCUT2D eigenvalue weighted by atomic mass is 10.1. The van der Waals surface area contributed by atoms with Crippen LogP contribution in [0.5, 0.6) is 0 Å². The molecule has 0 radical (unpaired) electrons. The average Bonchev–Trinajstić information content (AvgIpc) is 2.84. The highest BCUT2D eigenvalue weighted by molar-refractivity contribution is 9.10. The number of hydrogen-bond acceptors (Lipinski definition) is 3. The second-order valence-corrected chi connectivity index (χ2v) is 8.35. The molecule has 0 aromatic heterocycles. The van der Waals surface area contributed by atoms with E-state index in [-0.39, 0.29) is 16.8 Å². The van der Waals surface area contributed by atoms with E-state index in [9.17, 15) is 13.2 Å². The van der Waals surface area contributed by atoms with Crippen molar-refractivity contribution < 1.29 is 13.2 Å². The SMILES string of the molecule is CC(=O)N1c2ccc(S(=O)(=O)Nc3ccccc3Br)cc2CC1C. The van der Waals surface area contributed by atoms with Crippen molar-refractivity contribution in [2.75, 3.05) is 9.62 Å². The Morgan fingerprint density at radius 3 is 2.62 bits per heavy atom. The van der Waals surface area contributed by atoms with Crippen molar-refractivity contribution in [2.24, 2.45) is 0 Å². The number of nitrogens with one attached hydrogen (secondary N) is 1. The topological polar surface area (TPSA) is 66.5 Å². The van der Waals surface area contributed by atoms with Gasteiger partial charge in [0.15, 0.2) is 0 Å². The van der Waals surface area contributed by atoms with Crippen LogP contribution in [0.4, 0.5) is 11.4 Å². The van der Waals surface area contributed by atoms with E-state index in [0.717, 1.165) is 11.3 Å². The highest BCUT2D eigenvalue weighted by atomic mass is 79.9. The Bertz CT molecular complexity index is 912. The van der Waals surface area contributed by atoms with E-state index in [4.69, 9.17) is 0 Å². The average molecular weight is 409 g/mol. The molecule has 5 nitrogen and oxygen atoms in total. The van der Waals surface area contributed by atoms with Crippen molar-refractivity contribution >= 4 is 43.2 Å². The summed E-state index contributed by atoms with van der Waals surface area (Å²) in [5, 5.41) is 0. The number of halogens is 1. The Hall–Kier alpha value is -1.86. The first-order valence-corrected chi connectivity index (χ1v) is 9.77. The van der Waals surface area contributed by atoms with E-state index in [0.29, 0.717) is 16.6 Å². The third-order valence-electron chi connectivity index (χ3n) is 4.03. The maximum absolute atomic E-state index is 12.6. The Kier molecular flexibility index (Phi) is 4.40. The van der Waals surface area contributed by atoms with E-state index in [1.165, 1.54) is 13.0 Å². The molecular formula is C17H17BrN2O3S. The summed E-state index contributed by atoms with van der Waals surface area (Å²) >= 11 is 3.33. The number of benzene rings is 2. The van der Waals surface area contributed by atoms with Gasteiger partial charge in [-0.3, -0.25) is 9.52 Å². The van der Waals surface area contributed by atoms with Gasteiger partial charge >= 0.3 is 0 Å². The zero-order chi connectivity index (χ0) is 17.5. The van der Waals surface area contributed by atoms with Crippen molar-refractivity contribution in [1.29, 1.82) is 0 Å². The summed E-state index contributed by atoms with van der Waals surface area (Å²) in [7, 11) is -3.70. The van der Waals surface area contributed by atoms with Gasteiger partial charge in [0.1, 0.15) is 0 Å². The molecular weight excluding hydrogens is 392 g/mol. The fourth-order valence-electron chi connectivity index (χ4n) is 3.00. The van der Waals surface area contributed by atoms with Crippen molar-refractivity contribution in [3.05, 3.63) is 52.5 Å². The second-order valence-electron chi connectivity index (χ2n) is 5.82. The number of amides is 1. The molecule has 2 aromatic carbocycles. The first-order valence-electron chi connectivity index (χ1n) is 7.49. The Balaban J connectivity index is 1.95. The van der Waals surface area contributed by atoms with Gasteiger partial charge in [0.25, 0.3) is 10.0 Å². The molecule has 1 aliphatic rings. The zero-order valence-electron chi connectivity index (χ0n) is 13.3. The number of hydrogen-bond donors (Lipinski definition) is 1. The number of rotatable bonds is 3. The molecule has 1 aliphatic heterocycles. The maximum atomic E-state index is 12.6. The first kappa shape index (κ1) is 17.0. The van der Waals surface area contributed by atoms with Crippen LogP contribution in [0.3, 0.4) is 0 Å². The summed E-state index contributed by atoms with van der Waals surface area (Å²) in [4.78, 5) is 13.7. The summed E-state index contributed by atoms with van der Waals surface area (Å²) in [5.74, 6) is -0.0387. The standard InChI is InChI=1S/C17H17BrN2O3S/c1-11-9-13-10-14(7-8-17(13)20(11)12(2)21)24(22,23)19-16-6-4-3-5-15(16)18/h3-8,10-11,19H,9H2,1-2H3. The van der Waals surface area contributed by atoms with Crippen molar-refractivity contribution in [1.82, 2.24) is 0 Å². The van der Waals surface area contributed by atoms with E-state index in [1.54, 1.807) is 35.2 Å². The van der Waals surface area contributed by atoms with Gasteiger partial charge in [-0.25, -0.2) is 8.42 Å². The van der Waals surface area contributed by atoms with Crippen LogP contribution in [0, 0.1) is 0 Å². The predicted molar refractivity (Wildman–Crippen MR) is 97.7 cm³/mol. The van der Waals surface area contributed by atoms with E-state index in [1.807, 2.05) is 13.0 Å². The van der Waals surface area contributed by atoms with Crippen LogP contribution in [-0.4, -0.2) is 20.4 Å². The van der Waals surface area contributed by atoms with Crippen LogP contribution in [0.2, 0.25) is 0 Å². The molecule has 0 spiro atoms. The van der Waals surface area contributed by atoms with Gasteiger partial charge in [0.2, 0.25) is 5.91 Å². The van der Waals surface area contributed by atoms with Crippen LogP contribution in [-0.2, 0) is 21.2 Å². The molecule has 1 heterocycles. The molecule has 24 heavy (non-hydrogen) atoms. The molecule has 1 atom stereocenters. The van der Waals surface area contributed by atoms with Gasteiger partial charge in [-0.1, -0.05) is 12.1 Å². The summed E-state index contributed by atoms with van der Waals surface area (Å²) in [5.41, 5.74) is 2.14. The minimum Gasteiger partial charge on any atom is -0.309 e. The number of anilines is 2. The number of fused-ring (bicyclic) bond motifs is 1. The van der Waals surface area contributed by atoms with Crippen LogP contribution < -0.4 is 9.62 Å². The van der Waals surface area contributed by atoms with Crippen molar-refractivity contribution in [3.63, 3.8) is 0 Å². The predicted octanol–water partition coefficient (Wildman–Crippen LogP) is 3.55. The molecule has 0 fully saturated rings. The maximum Gasteiger partial charge on any atom is 0.261 e. The number of carbonyl (C=O) groups is 1. The molecule has 1 unspecified atom stereocenters. The van der Waals surface area contributed by atoms with Crippen LogP contribution in [0.25, 0.3) is 0 Å². The molecule has 0 bridgehead atoms. The molecule has 126 valence electrons. The van der Waals surface area contributed by atoms with Crippen LogP contribution >= 0.6 is 15.9 Å². The van der Waals surface area contributed by atoms with E-state index < -0.39 is 10.0 Å². The zero-order valence-corrected chi connectivity index (χ0v) is 15.7. The quantitative estimate of drug-likeness (QED) is 0.843. The fourth-order valence-corrected chi connectivity index (χ4v) is 4.65. The third-order valence-corrected chi connectivity index (χ3v) is 6.09. The van der Waals surface area contributed by atoms with Gasteiger partial charge in [-0.15, -0.1) is 0 Å². The molecule has 0 aliphatic carbocycles. The number of para-hydroxylation sites is 1. The first-order chi connectivity index (χ1) is 11.3. The molecule has 0 saturated heterocycles. The number of nitrogens with zero attached hydrogens (tertiary/aromatic N) is 1. The lowest BCUT2D eigenvalue weighted by molar-refractivity contribution is -0.116. The summed E-state index contributed by atoms with van der Waals surface area (Å²) in [6, 6.07) is 12.0. The molecule has 3 rings (SSSR count). The Morgan fingerprint density at radius 1 is 1.25 bits per heavy atom. The lowest BCUT2D eigenvalue weighted by Gasteiger charge is -2.20. The van der Waals surface area contributed by atoms with E-state index >= 15 is 0 Å². The molecule has 7 heteroatoms. The third kappa shape index (κ3) is 3.06.